The summed E-state index contributed by atoms with van der Waals surface area (Å²) in [5, 5.41) is 3.04. The van der Waals surface area contributed by atoms with Crippen molar-refractivity contribution in [1.29, 1.82) is 0 Å². The van der Waals surface area contributed by atoms with Gasteiger partial charge in [0.15, 0.2) is 10.1 Å². The number of carbonyl (C=O) groups is 1. The number of carbonyl (C=O) groups excluding carboxylic acids is 1. The van der Waals surface area contributed by atoms with Crippen molar-refractivity contribution in [2.24, 2.45) is 0 Å². The Labute approximate surface area is 181 Å². The fourth-order valence-electron chi connectivity index (χ4n) is 2.46. The highest BCUT2D eigenvalue weighted by molar-refractivity contribution is 7.99. The topological polar surface area (TPSA) is 118 Å². The van der Waals surface area contributed by atoms with Crippen LogP contribution in [-0.4, -0.2) is 37.2 Å². The van der Waals surface area contributed by atoms with E-state index in [2.05, 4.69) is 15.3 Å². The van der Waals surface area contributed by atoms with Gasteiger partial charge in [-0.05, 0) is 30.3 Å². The van der Waals surface area contributed by atoms with Crippen LogP contribution >= 0.6 is 23.4 Å². The molecular weight excluding hydrogens is 450 g/mol. The van der Waals surface area contributed by atoms with Crippen molar-refractivity contribution in [1.82, 2.24) is 9.97 Å². The van der Waals surface area contributed by atoms with Gasteiger partial charge in [0.05, 0.1) is 29.6 Å². The quantitative estimate of drug-likeness (QED) is 0.406. The van der Waals surface area contributed by atoms with Gasteiger partial charge in [0.1, 0.15) is 5.75 Å². The van der Waals surface area contributed by atoms with E-state index >= 15 is 0 Å². The minimum absolute atomic E-state index is 0.0542. The molecule has 2 N–H and O–H groups in total. The number of halogens is 1. The molecule has 0 atom stereocenters. The van der Waals surface area contributed by atoms with Crippen LogP contribution in [0.5, 0.6) is 5.75 Å². The van der Waals surface area contributed by atoms with Crippen LogP contribution < -0.4 is 15.6 Å². The Morgan fingerprint density at radius 1 is 1.23 bits per heavy atom. The summed E-state index contributed by atoms with van der Waals surface area (Å²) in [6.45, 7) is 0. The van der Waals surface area contributed by atoms with Crippen LogP contribution in [0.4, 0.5) is 5.69 Å². The van der Waals surface area contributed by atoms with Crippen LogP contribution in [-0.2, 0) is 14.6 Å². The summed E-state index contributed by atoms with van der Waals surface area (Å²) < 4.78 is 30.5. The number of benzene rings is 2. The van der Waals surface area contributed by atoms with Crippen molar-refractivity contribution in [3.8, 4) is 5.75 Å². The number of hydrogen-bond acceptors (Lipinski definition) is 7. The van der Waals surface area contributed by atoms with Crippen molar-refractivity contribution in [3.05, 3.63) is 70.1 Å². The Hall–Kier alpha value is -2.82. The first-order chi connectivity index (χ1) is 14.3. The third kappa shape index (κ3) is 5.02. The van der Waals surface area contributed by atoms with Gasteiger partial charge in [-0.15, -0.1) is 0 Å². The number of ether oxygens (including phenoxy) is 1. The van der Waals surface area contributed by atoms with E-state index in [9.17, 15) is 18.0 Å². The molecule has 0 bridgehead atoms. The molecule has 1 heterocycles. The third-order valence-electron chi connectivity index (χ3n) is 3.86. The van der Waals surface area contributed by atoms with Gasteiger partial charge in [-0.3, -0.25) is 9.59 Å². The van der Waals surface area contributed by atoms with E-state index in [0.29, 0.717) is 11.4 Å². The Morgan fingerprint density at radius 3 is 2.70 bits per heavy atom. The van der Waals surface area contributed by atoms with E-state index in [4.69, 9.17) is 16.3 Å². The van der Waals surface area contributed by atoms with Crippen LogP contribution in [0.1, 0.15) is 0 Å². The maximum atomic E-state index is 12.6. The second-order valence-corrected chi connectivity index (χ2v) is 9.20. The molecule has 3 aromatic rings. The molecule has 0 aliphatic carbocycles. The smallest absolute Gasteiger partial charge is 0.270 e. The highest BCUT2D eigenvalue weighted by atomic mass is 35.5. The number of amides is 1. The lowest BCUT2D eigenvalue weighted by atomic mass is 10.3. The fourth-order valence-corrected chi connectivity index (χ4v) is 4.63. The number of methoxy groups -OCH3 is 1. The Bertz CT molecular complexity index is 1240. The molecule has 30 heavy (non-hydrogen) atoms. The number of anilines is 1. The summed E-state index contributed by atoms with van der Waals surface area (Å²) in [7, 11) is -2.59. The standard InChI is InChI=1S/C19H16ClN3O5S2/c1-28-15-8-3-2-7-14(15)22-17(24)11-29-19-21-10-16(18(25)23-19)30(26,27)13-6-4-5-12(20)9-13/h2-10H,11H2,1H3,(H,22,24)(H,21,23,25). The molecule has 0 saturated heterocycles. The van der Waals surface area contributed by atoms with Crippen molar-refractivity contribution in [3.63, 3.8) is 0 Å². The molecule has 0 aliphatic heterocycles. The van der Waals surface area contributed by atoms with Crippen molar-refractivity contribution in [2.45, 2.75) is 14.9 Å². The lowest BCUT2D eigenvalue weighted by Gasteiger charge is -2.09. The number of H-pyrrole nitrogens is 1. The van der Waals surface area contributed by atoms with Crippen LogP contribution in [0, 0.1) is 0 Å². The van der Waals surface area contributed by atoms with Gasteiger partial charge >= 0.3 is 0 Å². The van der Waals surface area contributed by atoms with Crippen molar-refractivity contribution >= 4 is 44.8 Å². The molecule has 0 unspecified atom stereocenters. The zero-order valence-corrected chi connectivity index (χ0v) is 18.0. The fraction of sp³-hybridized carbons (Fsp3) is 0.105. The molecule has 1 amide bonds. The number of aromatic nitrogens is 2. The minimum Gasteiger partial charge on any atom is -0.495 e. The Morgan fingerprint density at radius 2 is 2.00 bits per heavy atom. The van der Waals surface area contributed by atoms with E-state index in [1.807, 2.05) is 0 Å². The largest absolute Gasteiger partial charge is 0.495 e. The molecule has 0 saturated carbocycles. The minimum atomic E-state index is -4.08. The van der Waals surface area contributed by atoms with Crippen LogP contribution in [0.15, 0.2) is 74.5 Å². The molecule has 11 heteroatoms. The van der Waals surface area contributed by atoms with Gasteiger partial charge < -0.3 is 15.0 Å². The molecule has 0 spiro atoms. The molecular formula is C19H16ClN3O5S2. The summed E-state index contributed by atoms with van der Waals surface area (Å²) in [6, 6.07) is 12.5. The number of sulfone groups is 1. The van der Waals surface area contributed by atoms with Gasteiger partial charge in [-0.1, -0.05) is 41.6 Å². The molecule has 2 aromatic carbocycles. The second kappa shape index (κ2) is 9.33. The third-order valence-corrected chi connectivity index (χ3v) is 6.73. The van der Waals surface area contributed by atoms with Crippen LogP contribution in [0.3, 0.4) is 0 Å². The molecule has 1 aromatic heterocycles. The molecule has 0 fully saturated rings. The summed E-state index contributed by atoms with van der Waals surface area (Å²) in [4.78, 5) is 30.2. The molecule has 8 nitrogen and oxygen atoms in total. The average Bonchev–Trinajstić information content (AvgIpc) is 2.72. The van der Waals surface area contributed by atoms with E-state index in [-0.39, 0.29) is 26.7 Å². The van der Waals surface area contributed by atoms with Crippen LogP contribution in [0.25, 0.3) is 0 Å². The maximum Gasteiger partial charge on any atom is 0.270 e. The lowest BCUT2D eigenvalue weighted by Crippen LogP contribution is -2.20. The van der Waals surface area contributed by atoms with Gasteiger partial charge in [-0.2, -0.15) is 0 Å². The lowest BCUT2D eigenvalue weighted by molar-refractivity contribution is -0.113. The van der Waals surface area contributed by atoms with E-state index in [1.165, 1.54) is 31.4 Å². The van der Waals surface area contributed by atoms with Crippen molar-refractivity contribution < 1.29 is 17.9 Å². The van der Waals surface area contributed by atoms with Crippen molar-refractivity contribution in [2.75, 3.05) is 18.2 Å². The average molecular weight is 466 g/mol. The van der Waals surface area contributed by atoms with Crippen LogP contribution in [0.2, 0.25) is 5.02 Å². The Balaban J connectivity index is 1.71. The predicted octanol–water partition coefficient (Wildman–Crippen LogP) is 3.00. The highest BCUT2D eigenvalue weighted by Gasteiger charge is 2.22. The first-order valence-electron chi connectivity index (χ1n) is 8.47. The van der Waals surface area contributed by atoms with Gasteiger partial charge in [0.2, 0.25) is 15.7 Å². The van der Waals surface area contributed by atoms with Gasteiger partial charge in [0.25, 0.3) is 5.56 Å². The predicted molar refractivity (Wildman–Crippen MR) is 114 cm³/mol. The zero-order chi connectivity index (χ0) is 21.7. The number of hydrogen-bond donors (Lipinski definition) is 2. The summed E-state index contributed by atoms with van der Waals surface area (Å²) in [6.07, 6.45) is 0.968. The van der Waals surface area contributed by atoms with E-state index in [1.54, 1.807) is 24.3 Å². The monoisotopic (exact) mass is 465 g/mol. The van der Waals surface area contributed by atoms with Gasteiger partial charge in [0, 0.05) is 5.02 Å². The van der Waals surface area contributed by atoms with Gasteiger partial charge in [-0.25, -0.2) is 13.4 Å². The number of nitrogens with one attached hydrogen (secondary N) is 2. The molecule has 0 radical (unpaired) electrons. The highest BCUT2D eigenvalue weighted by Crippen LogP contribution is 2.24. The number of para-hydroxylation sites is 2. The molecule has 0 aliphatic rings. The summed E-state index contributed by atoms with van der Waals surface area (Å²) in [5.41, 5.74) is -0.326. The number of nitrogens with zero attached hydrogens (tertiary/aromatic N) is 1. The summed E-state index contributed by atoms with van der Waals surface area (Å²) in [5.74, 6) is 0.113. The first-order valence-corrected chi connectivity index (χ1v) is 11.3. The number of aromatic amines is 1. The Kier molecular flexibility index (Phi) is 6.80. The first kappa shape index (κ1) is 21.9. The van der Waals surface area contributed by atoms with E-state index < -0.39 is 20.3 Å². The number of thioether (sulfide) groups is 1. The molecule has 156 valence electrons. The summed E-state index contributed by atoms with van der Waals surface area (Å²) >= 11 is 6.79. The number of rotatable bonds is 7. The maximum absolute atomic E-state index is 12.6. The normalized spacial score (nSPS) is 11.1. The molecule has 3 rings (SSSR count). The zero-order valence-electron chi connectivity index (χ0n) is 15.6. The van der Waals surface area contributed by atoms with E-state index in [0.717, 1.165) is 18.0 Å². The second-order valence-electron chi connectivity index (χ2n) is 5.88. The SMILES string of the molecule is COc1ccccc1NC(=O)CSc1ncc(S(=O)(=O)c2cccc(Cl)c2)c(=O)[nH]1.